The van der Waals surface area contributed by atoms with Crippen molar-refractivity contribution in [3.05, 3.63) is 126 Å². The monoisotopic (exact) mass is 463 g/mol. The maximum Gasteiger partial charge on any atom is 0.224 e. The molecule has 5 heteroatoms. The molecule has 5 rings (SSSR count). The Labute approximate surface area is 204 Å². The van der Waals surface area contributed by atoms with E-state index in [1.807, 2.05) is 77.4 Å². The number of hydrogen-bond acceptors (Lipinski definition) is 2. The number of benzene rings is 4. The highest BCUT2D eigenvalue weighted by Crippen LogP contribution is 2.21. The van der Waals surface area contributed by atoms with Crippen LogP contribution in [0.2, 0.25) is 0 Å². The first-order valence-corrected chi connectivity index (χ1v) is 11.8. The van der Waals surface area contributed by atoms with Gasteiger partial charge in [0, 0.05) is 18.5 Å². The molecule has 0 aliphatic heterocycles. The quantitative estimate of drug-likeness (QED) is 0.317. The Hall–Kier alpha value is -4.25. The molecule has 4 nitrogen and oxygen atoms in total. The molecule has 1 N–H and O–H groups in total. The topological polar surface area (TPSA) is 46.9 Å². The number of fused-ring (bicyclic) bond motifs is 1. The molecule has 0 aliphatic rings. The van der Waals surface area contributed by atoms with Crippen LogP contribution in [0.1, 0.15) is 17.0 Å². The molecule has 0 unspecified atom stereocenters. The summed E-state index contributed by atoms with van der Waals surface area (Å²) in [5.41, 5.74) is 5.68. The lowest BCUT2D eigenvalue weighted by atomic mass is 10.0. The SMILES string of the molecule is O=C(Cc1ccc(-c2ccccc2)cc1)NCCc1nc2ccccc2n1Cc1ccccc1F. The predicted octanol–water partition coefficient (Wildman–Crippen LogP) is 5.79. The molecule has 1 aromatic heterocycles. The van der Waals surface area contributed by atoms with E-state index in [-0.39, 0.29) is 11.7 Å². The Morgan fingerprint density at radius 1 is 0.800 bits per heavy atom. The smallest absolute Gasteiger partial charge is 0.224 e. The van der Waals surface area contributed by atoms with Crippen molar-refractivity contribution in [1.82, 2.24) is 14.9 Å². The summed E-state index contributed by atoms with van der Waals surface area (Å²) in [6.45, 7) is 0.853. The van der Waals surface area contributed by atoms with Crippen molar-refractivity contribution >= 4 is 16.9 Å². The molecular weight excluding hydrogens is 437 g/mol. The van der Waals surface area contributed by atoms with E-state index < -0.39 is 0 Å². The molecule has 5 aromatic rings. The molecule has 0 fully saturated rings. The summed E-state index contributed by atoms with van der Waals surface area (Å²) >= 11 is 0. The molecule has 1 heterocycles. The number of hydrogen-bond donors (Lipinski definition) is 1. The summed E-state index contributed by atoms with van der Waals surface area (Å²) in [6.07, 6.45) is 0.878. The number of nitrogens with zero attached hydrogens (tertiary/aromatic N) is 2. The molecule has 35 heavy (non-hydrogen) atoms. The summed E-state index contributed by atoms with van der Waals surface area (Å²) in [6, 6.07) is 32.9. The van der Waals surface area contributed by atoms with Crippen LogP contribution >= 0.6 is 0 Å². The molecule has 0 saturated carbocycles. The molecule has 0 saturated heterocycles. The highest BCUT2D eigenvalue weighted by molar-refractivity contribution is 5.79. The lowest BCUT2D eigenvalue weighted by Crippen LogP contribution is -2.28. The molecule has 1 amide bonds. The number of halogens is 1. The fourth-order valence-corrected chi connectivity index (χ4v) is 4.30. The van der Waals surface area contributed by atoms with Gasteiger partial charge in [-0.1, -0.05) is 84.9 Å². The lowest BCUT2D eigenvalue weighted by Gasteiger charge is -2.11. The van der Waals surface area contributed by atoms with Gasteiger partial charge in [-0.15, -0.1) is 0 Å². The minimum absolute atomic E-state index is 0.0331. The summed E-state index contributed by atoms with van der Waals surface area (Å²) in [5, 5.41) is 3.01. The number of carbonyl (C=O) groups is 1. The Bertz CT molecular complexity index is 1440. The highest BCUT2D eigenvalue weighted by atomic mass is 19.1. The van der Waals surface area contributed by atoms with E-state index in [1.165, 1.54) is 6.07 Å². The Balaban J connectivity index is 1.23. The minimum atomic E-state index is -0.234. The van der Waals surface area contributed by atoms with Crippen molar-refractivity contribution in [1.29, 1.82) is 0 Å². The van der Waals surface area contributed by atoms with Gasteiger partial charge >= 0.3 is 0 Å². The van der Waals surface area contributed by atoms with Gasteiger partial charge in [-0.2, -0.15) is 0 Å². The average Bonchev–Trinajstić information content (AvgIpc) is 3.23. The number of carbonyl (C=O) groups excluding carboxylic acids is 1. The maximum atomic E-state index is 14.3. The van der Waals surface area contributed by atoms with Crippen LogP contribution in [0.5, 0.6) is 0 Å². The molecule has 174 valence electrons. The third-order valence-corrected chi connectivity index (χ3v) is 6.12. The molecule has 0 spiro atoms. The van der Waals surface area contributed by atoms with Crippen molar-refractivity contribution in [3.63, 3.8) is 0 Å². The first kappa shape index (κ1) is 22.5. The molecule has 0 aliphatic carbocycles. The van der Waals surface area contributed by atoms with E-state index >= 15 is 0 Å². The third kappa shape index (κ3) is 5.30. The van der Waals surface area contributed by atoms with Crippen LogP contribution in [0.25, 0.3) is 22.2 Å². The van der Waals surface area contributed by atoms with E-state index in [0.717, 1.165) is 33.5 Å². The maximum absolute atomic E-state index is 14.3. The van der Waals surface area contributed by atoms with Gasteiger partial charge in [0.1, 0.15) is 11.6 Å². The van der Waals surface area contributed by atoms with E-state index in [9.17, 15) is 9.18 Å². The normalized spacial score (nSPS) is 11.0. The second-order valence-electron chi connectivity index (χ2n) is 8.53. The highest BCUT2D eigenvalue weighted by Gasteiger charge is 2.13. The number of aromatic nitrogens is 2. The van der Waals surface area contributed by atoms with Gasteiger partial charge in [-0.25, -0.2) is 9.37 Å². The van der Waals surface area contributed by atoms with Crippen LogP contribution in [0.4, 0.5) is 4.39 Å². The van der Waals surface area contributed by atoms with E-state index in [0.29, 0.717) is 31.5 Å². The minimum Gasteiger partial charge on any atom is -0.355 e. The van der Waals surface area contributed by atoms with E-state index in [4.69, 9.17) is 4.98 Å². The molecule has 4 aromatic carbocycles. The second kappa shape index (κ2) is 10.3. The van der Waals surface area contributed by atoms with Crippen molar-refractivity contribution in [3.8, 4) is 11.1 Å². The number of imidazole rings is 1. The third-order valence-electron chi connectivity index (χ3n) is 6.12. The fraction of sp³-hybridized carbons (Fsp3) is 0.133. The zero-order valence-corrected chi connectivity index (χ0v) is 19.3. The van der Waals surface area contributed by atoms with Crippen molar-refractivity contribution < 1.29 is 9.18 Å². The van der Waals surface area contributed by atoms with Crippen molar-refractivity contribution in [2.24, 2.45) is 0 Å². The largest absolute Gasteiger partial charge is 0.355 e. The second-order valence-corrected chi connectivity index (χ2v) is 8.53. The van der Waals surface area contributed by atoms with Crippen LogP contribution in [-0.2, 0) is 24.2 Å². The first-order valence-electron chi connectivity index (χ1n) is 11.8. The standard InChI is InChI=1S/C30H26FN3O/c31-26-11-5-4-10-25(26)21-34-28-13-7-6-12-27(28)33-29(34)18-19-32-30(35)20-22-14-16-24(17-15-22)23-8-2-1-3-9-23/h1-17H,18-21H2,(H,32,35). The first-order chi connectivity index (χ1) is 17.2. The fourth-order valence-electron chi connectivity index (χ4n) is 4.30. The van der Waals surface area contributed by atoms with Crippen LogP contribution in [0, 0.1) is 5.82 Å². The summed E-state index contributed by atoms with van der Waals surface area (Å²) < 4.78 is 16.3. The van der Waals surface area contributed by atoms with Gasteiger partial charge in [-0.3, -0.25) is 4.79 Å². The van der Waals surface area contributed by atoms with Crippen LogP contribution in [0.15, 0.2) is 103 Å². The van der Waals surface area contributed by atoms with Gasteiger partial charge in [-0.05, 0) is 34.9 Å². The van der Waals surface area contributed by atoms with Crippen molar-refractivity contribution in [2.45, 2.75) is 19.4 Å². The van der Waals surface area contributed by atoms with Gasteiger partial charge in [0.2, 0.25) is 5.91 Å². The lowest BCUT2D eigenvalue weighted by molar-refractivity contribution is -0.120. The summed E-state index contributed by atoms with van der Waals surface area (Å²) in [7, 11) is 0. The summed E-state index contributed by atoms with van der Waals surface area (Å²) in [4.78, 5) is 17.3. The molecule has 0 bridgehead atoms. The number of rotatable bonds is 8. The Morgan fingerprint density at radius 3 is 2.29 bits per heavy atom. The van der Waals surface area contributed by atoms with E-state index in [2.05, 4.69) is 17.4 Å². The number of para-hydroxylation sites is 2. The molecule has 0 radical (unpaired) electrons. The van der Waals surface area contributed by atoms with Crippen LogP contribution in [-0.4, -0.2) is 22.0 Å². The number of nitrogens with one attached hydrogen (secondary N) is 1. The zero-order valence-electron chi connectivity index (χ0n) is 19.3. The Kier molecular flexibility index (Phi) is 6.66. The summed E-state index contributed by atoms with van der Waals surface area (Å²) in [5.74, 6) is 0.555. The van der Waals surface area contributed by atoms with Gasteiger partial charge in [0.15, 0.2) is 0 Å². The zero-order chi connectivity index (χ0) is 24.0. The van der Waals surface area contributed by atoms with Gasteiger partial charge < -0.3 is 9.88 Å². The van der Waals surface area contributed by atoms with Gasteiger partial charge in [0.25, 0.3) is 0 Å². The molecular formula is C30H26FN3O. The van der Waals surface area contributed by atoms with Crippen LogP contribution < -0.4 is 5.32 Å². The van der Waals surface area contributed by atoms with Crippen molar-refractivity contribution in [2.75, 3.05) is 6.54 Å². The average molecular weight is 464 g/mol. The van der Waals surface area contributed by atoms with Gasteiger partial charge in [0.05, 0.1) is 24.0 Å². The Morgan fingerprint density at radius 2 is 1.49 bits per heavy atom. The number of amides is 1. The predicted molar refractivity (Wildman–Crippen MR) is 138 cm³/mol. The molecule has 0 atom stereocenters. The van der Waals surface area contributed by atoms with E-state index in [1.54, 1.807) is 12.1 Å². The van der Waals surface area contributed by atoms with Crippen LogP contribution in [0.3, 0.4) is 0 Å².